The maximum atomic E-state index is 11.3. The van der Waals surface area contributed by atoms with Gasteiger partial charge in [-0.1, -0.05) is 0 Å². The molecule has 2 rings (SSSR count). The zero-order chi connectivity index (χ0) is 14.7. The van der Waals surface area contributed by atoms with E-state index in [1.807, 2.05) is 0 Å². The summed E-state index contributed by atoms with van der Waals surface area (Å²) in [6, 6.07) is 7.64. The van der Waals surface area contributed by atoms with Crippen LogP contribution in [0.15, 0.2) is 41.0 Å². The second-order valence-corrected chi connectivity index (χ2v) is 4.74. The number of carboxylic acid groups (broad SMARTS) is 1. The lowest BCUT2D eigenvalue weighted by molar-refractivity contribution is 0.0696. The smallest absolute Gasteiger partial charge is 0.335 e. The molecular formula is C13H10BrN3O3. The number of nitrogens with two attached hydrogens (primary N) is 1. The summed E-state index contributed by atoms with van der Waals surface area (Å²) in [5.41, 5.74) is 6.24. The Labute approximate surface area is 122 Å². The van der Waals surface area contributed by atoms with Gasteiger partial charge in [0.15, 0.2) is 0 Å². The highest BCUT2D eigenvalue weighted by Gasteiger charge is 2.11. The van der Waals surface area contributed by atoms with Crippen LogP contribution >= 0.6 is 15.9 Å². The number of aromatic carboxylic acids is 1. The van der Waals surface area contributed by atoms with Gasteiger partial charge in [0.05, 0.1) is 16.8 Å². The zero-order valence-corrected chi connectivity index (χ0v) is 11.7. The van der Waals surface area contributed by atoms with Crippen LogP contribution in [0, 0.1) is 0 Å². The van der Waals surface area contributed by atoms with Crippen LogP contribution in [0.3, 0.4) is 0 Å². The first kappa shape index (κ1) is 14.0. The predicted octanol–water partition coefficient (Wildman–Crippen LogP) is 2.38. The lowest BCUT2D eigenvalue weighted by atomic mass is 10.2. The van der Waals surface area contributed by atoms with Gasteiger partial charge in [0.25, 0.3) is 5.91 Å². The van der Waals surface area contributed by atoms with E-state index in [1.165, 1.54) is 18.3 Å². The lowest BCUT2D eigenvalue weighted by Crippen LogP contribution is -2.14. The molecule has 6 nitrogen and oxygen atoms in total. The van der Waals surface area contributed by atoms with Gasteiger partial charge in [0, 0.05) is 10.7 Å². The number of benzene rings is 1. The number of amides is 1. The molecule has 0 unspecified atom stereocenters. The first-order chi connectivity index (χ1) is 9.49. The molecule has 102 valence electrons. The van der Waals surface area contributed by atoms with Gasteiger partial charge in [-0.15, -0.1) is 0 Å². The van der Waals surface area contributed by atoms with E-state index >= 15 is 0 Å². The summed E-state index contributed by atoms with van der Waals surface area (Å²) >= 11 is 3.26. The van der Waals surface area contributed by atoms with Crippen molar-refractivity contribution >= 4 is 39.3 Å². The van der Waals surface area contributed by atoms with Crippen molar-refractivity contribution in [1.82, 2.24) is 4.98 Å². The van der Waals surface area contributed by atoms with E-state index in [9.17, 15) is 9.59 Å². The van der Waals surface area contributed by atoms with Crippen molar-refractivity contribution in [1.29, 1.82) is 0 Å². The molecule has 0 aliphatic rings. The topological polar surface area (TPSA) is 105 Å². The van der Waals surface area contributed by atoms with Crippen molar-refractivity contribution < 1.29 is 14.7 Å². The summed E-state index contributed by atoms with van der Waals surface area (Å²) < 4.78 is 0.540. The Balaban J connectivity index is 2.36. The highest BCUT2D eigenvalue weighted by Crippen LogP contribution is 2.27. The molecule has 20 heavy (non-hydrogen) atoms. The van der Waals surface area contributed by atoms with E-state index in [-0.39, 0.29) is 11.1 Å². The van der Waals surface area contributed by atoms with Crippen LogP contribution < -0.4 is 11.1 Å². The molecule has 0 fully saturated rings. The Morgan fingerprint density at radius 3 is 2.65 bits per heavy atom. The SMILES string of the molecule is NC(=O)c1cccnc1Nc1ccc(C(=O)O)cc1Br. The number of aromatic nitrogens is 1. The molecule has 0 spiro atoms. The fourth-order valence-corrected chi connectivity index (χ4v) is 2.06. The van der Waals surface area contributed by atoms with Crippen molar-refractivity contribution in [2.75, 3.05) is 5.32 Å². The largest absolute Gasteiger partial charge is 0.478 e. The zero-order valence-electron chi connectivity index (χ0n) is 10.1. The number of primary amides is 1. The molecule has 4 N–H and O–H groups in total. The molecule has 0 aliphatic carbocycles. The average molecular weight is 336 g/mol. The molecule has 0 radical (unpaired) electrons. The van der Waals surface area contributed by atoms with Crippen LogP contribution in [-0.4, -0.2) is 22.0 Å². The Morgan fingerprint density at radius 2 is 2.05 bits per heavy atom. The molecule has 0 atom stereocenters. The lowest BCUT2D eigenvalue weighted by Gasteiger charge is -2.10. The second-order valence-electron chi connectivity index (χ2n) is 3.89. The van der Waals surface area contributed by atoms with E-state index in [4.69, 9.17) is 10.8 Å². The molecule has 7 heteroatoms. The van der Waals surface area contributed by atoms with Crippen LogP contribution in [-0.2, 0) is 0 Å². The minimum absolute atomic E-state index is 0.151. The predicted molar refractivity (Wildman–Crippen MR) is 77.1 cm³/mol. The fraction of sp³-hybridized carbons (Fsp3) is 0. The van der Waals surface area contributed by atoms with Gasteiger partial charge in [-0.2, -0.15) is 0 Å². The van der Waals surface area contributed by atoms with Gasteiger partial charge in [-0.3, -0.25) is 4.79 Å². The highest BCUT2D eigenvalue weighted by atomic mass is 79.9. The number of halogens is 1. The van der Waals surface area contributed by atoms with Gasteiger partial charge in [-0.25, -0.2) is 9.78 Å². The third-order valence-corrected chi connectivity index (χ3v) is 3.20. The third-order valence-electron chi connectivity index (χ3n) is 2.54. The average Bonchev–Trinajstić information content (AvgIpc) is 2.41. The summed E-state index contributed by atoms with van der Waals surface area (Å²) in [4.78, 5) is 26.2. The van der Waals surface area contributed by atoms with Gasteiger partial charge >= 0.3 is 5.97 Å². The normalized spacial score (nSPS) is 10.1. The number of carbonyl (C=O) groups is 2. The van der Waals surface area contributed by atoms with Crippen molar-refractivity contribution in [3.8, 4) is 0 Å². The van der Waals surface area contributed by atoms with Crippen molar-refractivity contribution in [2.24, 2.45) is 5.73 Å². The molecular weight excluding hydrogens is 326 g/mol. The Morgan fingerprint density at radius 1 is 1.30 bits per heavy atom. The number of rotatable bonds is 4. The maximum Gasteiger partial charge on any atom is 0.335 e. The number of nitrogens with one attached hydrogen (secondary N) is 1. The molecule has 1 amide bonds. The molecule has 0 bridgehead atoms. The first-order valence-corrected chi connectivity index (χ1v) is 6.33. The summed E-state index contributed by atoms with van der Waals surface area (Å²) in [7, 11) is 0. The second kappa shape index (κ2) is 5.70. The van der Waals surface area contributed by atoms with Crippen LogP contribution in [0.4, 0.5) is 11.5 Å². The van der Waals surface area contributed by atoms with Gasteiger partial charge in [-0.05, 0) is 46.3 Å². The number of hydrogen-bond donors (Lipinski definition) is 3. The van der Waals surface area contributed by atoms with E-state index in [0.717, 1.165) is 0 Å². The van der Waals surface area contributed by atoms with Gasteiger partial charge < -0.3 is 16.2 Å². The monoisotopic (exact) mass is 335 g/mol. The van der Waals surface area contributed by atoms with E-state index in [0.29, 0.717) is 16.0 Å². The fourth-order valence-electron chi connectivity index (χ4n) is 1.58. The quantitative estimate of drug-likeness (QED) is 0.795. The standard InChI is InChI=1S/C13H10BrN3O3/c14-9-6-7(13(19)20)3-4-10(9)17-12-8(11(15)18)2-1-5-16-12/h1-6H,(H2,15,18)(H,16,17)(H,19,20). The molecule has 1 aromatic carbocycles. The van der Waals surface area contributed by atoms with Gasteiger partial charge in [0.2, 0.25) is 0 Å². The number of pyridine rings is 1. The minimum atomic E-state index is -1.02. The number of nitrogens with zero attached hydrogens (tertiary/aromatic N) is 1. The summed E-state index contributed by atoms with van der Waals surface area (Å²) in [6.07, 6.45) is 1.52. The molecule has 0 saturated heterocycles. The van der Waals surface area contributed by atoms with E-state index < -0.39 is 11.9 Å². The van der Waals surface area contributed by atoms with E-state index in [2.05, 4.69) is 26.2 Å². The number of carbonyl (C=O) groups excluding carboxylic acids is 1. The van der Waals surface area contributed by atoms with Crippen molar-refractivity contribution in [3.63, 3.8) is 0 Å². The molecule has 1 heterocycles. The summed E-state index contributed by atoms with van der Waals surface area (Å²) in [6.45, 7) is 0. The number of carboxylic acids is 1. The van der Waals surface area contributed by atoms with Crippen LogP contribution in [0.5, 0.6) is 0 Å². The Bertz CT molecular complexity index is 688. The number of hydrogen-bond acceptors (Lipinski definition) is 4. The molecule has 1 aromatic heterocycles. The van der Waals surface area contributed by atoms with Crippen LogP contribution in [0.1, 0.15) is 20.7 Å². The first-order valence-electron chi connectivity index (χ1n) is 5.53. The minimum Gasteiger partial charge on any atom is -0.478 e. The Kier molecular flexibility index (Phi) is 3.99. The Hall–Kier alpha value is -2.41. The number of anilines is 2. The van der Waals surface area contributed by atoms with E-state index in [1.54, 1.807) is 18.2 Å². The molecule has 0 aliphatic heterocycles. The third kappa shape index (κ3) is 2.94. The van der Waals surface area contributed by atoms with Crippen LogP contribution in [0.25, 0.3) is 0 Å². The van der Waals surface area contributed by atoms with Crippen molar-refractivity contribution in [3.05, 3.63) is 52.1 Å². The van der Waals surface area contributed by atoms with Gasteiger partial charge in [0.1, 0.15) is 5.82 Å². The summed E-state index contributed by atoms with van der Waals surface area (Å²) in [5, 5.41) is 11.8. The summed E-state index contributed by atoms with van der Waals surface area (Å²) in [5.74, 6) is -1.31. The maximum absolute atomic E-state index is 11.3. The molecule has 0 saturated carbocycles. The van der Waals surface area contributed by atoms with Crippen LogP contribution in [0.2, 0.25) is 0 Å². The van der Waals surface area contributed by atoms with Crippen molar-refractivity contribution in [2.45, 2.75) is 0 Å². The molecule has 2 aromatic rings. The highest BCUT2D eigenvalue weighted by molar-refractivity contribution is 9.10.